The maximum absolute atomic E-state index is 12.0. The number of hydrogen-bond donors (Lipinski definition) is 2. The summed E-state index contributed by atoms with van der Waals surface area (Å²) in [6, 6.07) is 1.84. The van der Waals surface area contributed by atoms with E-state index in [1.807, 2.05) is 19.2 Å². The number of nitrogens with zero attached hydrogens (tertiary/aromatic N) is 3. The van der Waals surface area contributed by atoms with Gasteiger partial charge < -0.3 is 10.6 Å². The van der Waals surface area contributed by atoms with Gasteiger partial charge >= 0.3 is 6.18 Å². The Morgan fingerprint density at radius 1 is 1.35 bits per heavy atom. The number of aromatic nitrogens is 2. The quantitative estimate of drug-likeness (QED) is 0.457. The molecule has 0 atom stereocenters. The fourth-order valence-corrected chi connectivity index (χ4v) is 1.52. The number of alkyl halides is 3. The van der Waals surface area contributed by atoms with Crippen molar-refractivity contribution in [2.75, 3.05) is 19.6 Å². The van der Waals surface area contributed by atoms with E-state index in [1.165, 1.54) is 0 Å². The first-order chi connectivity index (χ1) is 9.51. The molecular formula is C12H20F3N5. The summed E-state index contributed by atoms with van der Waals surface area (Å²) in [5, 5.41) is 9.64. The molecule has 0 aliphatic carbocycles. The van der Waals surface area contributed by atoms with E-state index in [0.717, 1.165) is 13.0 Å². The van der Waals surface area contributed by atoms with Crippen molar-refractivity contribution in [3.8, 4) is 0 Å². The number of nitrogens with one attached hydrogen (secondary N) is 2. The van der Waals surface area contributed by atoms with Crippen LogP contribution in [0.5, 0.6) is 0 Å². The molecule has 0 aliphatic rings. The van der Waals surface area contributed by atoms with Crippen LogP contribution in [0, 0.1) is 0 Å². The Morgan fingerprint density at radius 3 is 2.75 bits per heavy atom. The Hall–Kier alpha value is -1.73. The monoisotopic (exact) mass is 291 g/mol. The van der Waals surface area contributed by atoms with E-state index < -0.39 is 12.6 Å². The predicted octanol–water partition coefficient (Wildman–Crippen LogP) is 1.78. The van der Waals surface area contributed by atoms with Gasteiger partial charge in [0, 0.05) is 38.6 Å². The SMILES string of the molecule is CCNC(=NCCCn1cccn1)NCCC(F)(F)F. The third-order valence-electron chi connectivity index (χ3n) is 2.42. The fraction of sp³-hybridized carbons (Fsp3) is 0.667. The average molecular weight is 291 g/mol. The molecule has 1 heterocycles. The van der Waals surface area contributed by atoms with Crippen molar-refractivity contribution < 1.29 is 13.2 Å². The zero-order valence-corrected chi connectivity index (χ0v) is 11.5. The molecule has 0 radical (unpaired) electrons. The first-order valence-electron chi connectivity index (χ1n) is 6.57. The number of rotatable bonds is 7. The van der Waals surface area contributed by atoms with Crippen molar-refractivity contribution in [3.63, 3.8) is 0 Å². The van der Waals surface area contributed by atoms with Crippen molar-refractivity contribution in [2.24, 2.45) is 4.99 Å². The van der Waals surface area contributed by atoms with Crippen LogP contribution in [0.15, 0.2) is 23.5 Å². The van der Waals surface area contributed by atoms with E-state index in [2.05, 4.69) is 20.7 Å². The minimum atomic E-state index is -4.15. The van der Waals surface area contributed by atoms with Gasteiger partial charge in [0.15, 0.2) is 5.96 Å². The van der Waals surface area contributed by atoms with E-state index in [0.29, 0.717) is 19.0 Å². The lowest BCUT2D eigenvalue weighted by Gasteiger charge is -2.12. The molecular weight excluding hydrogens is 271 g/mol. The molecule has 0 saturated carbocycles. The van der Waals surface area contributed by atoms with Gasteiger partial charge in [-0.2, -0.15) is 18.3 Å². The molecule has 1 aromatic rings. The number of guanidine groups is 1. The predicted molar refractivity (Wildman–Crippen MR) is 71.5 cm³/mol. The van der Waals surface area contributed by atoms with Crippen LogP contribution in [0.25, 0.3) is 0 Å². The zero-order chi connectivity index (χ0) is 14.8. The van der Waals surface area contributed by atoms with Crippen molar-refractivity contribution in [1.29, 1.82) is 0 Å². The fourth-order valence-electron chi connectivity index (χ4n) is 1.52. The molecule has 0 fully saturated rings. The van der Waals surface area contributed by atoms with Crippen molar-refractivity contribution >= 4 is 5.96 Å². The smallest absolute Gasteiger partial charge is 0.357 e. The largest absolute Gasteiger partial charge is 0.390 e. The van der Waals surface area contributed by atoms with Gasteiger partial charge in [-0.25, -0.2) is 0 Å². The van der Waals surface area contributed by atoms with E-state index in [9.17, 15) is 13.2 Å². The highest BCUT2D eigenvalue weighted by Crippen LogP contribution is 2.17. The number of halogens is 3. The van der Waals surface area contributed by atoms with Gasteiger partial charge in [0.1, 0.15) is 0 Å². The summed E-state index contributed by atoms with van der Waals surface area (Å²) >= 11 is 0. The molecule has 8 heteroatoms. The van der Waals surface area contributed by atoms with Crippen molar-refractivity contribution in [1.82, 2.24) is 20.4 Å². The first-order valence-corrected chi connectivity index (χ1v) is 6.57. The number of hydrogen-bond acceptors (Lipinski definition) is 2. The van der Waals surface area contributed by atoms with E-state index >= 15 is 0 Å². The van der Waals surface area contributed by atoms with Crippen LogP contribution in [0.4, 0.5) is 13.2 Å². The highest BCUT2D eigenvalue weighted by molar-refractivity contribution is 5.79. The van der Waals surface area contributed by atoms with Gasteiger partial charge in [0.05, 0.1) is 6.42 Å². The average Bonchev–Trinajstić information content (AvgIpc) is 2.86. The third-order valence-corrected chi connectivity index (χ3v) is 2.42. The number of aliphatic imine (C=N–C) groups is 1. The Balaban J connectivity index is 2.27. The zero-order valence-electron chi connectivity index (χ0n) is 11.5. The molecule has 0 spiro atoms. The minimum Gasteiger partial charge on any atom is -0.357 e. The Morgan fingerprint density at radius 2 is 2.15 bits per heavy atom. The topological polar surface area (TPSA) is 54.2 Å². The lowest BCUT2D eigenvalue weighted by atomic mass is 10.4. The summed E-state index contributed by atoms with van der Waals surface area (Å²) in [5.74, 6) is 0.414. The maximum atomic E-state index is 12.0. The second-order valence-corrected chi connectivity index (χ2v) is 4.18. The first kappa shape index (κ1) is 16.3. The lowest BCUT2D eigenvalue weighted by molar-refractivity contribution is -0.132. The molecule has 1 aromatic heterocycles. The Bertz CT molecular complexity index is 386. The van der Waals surface area contributed by atoms with Crippen LogP contribution in [-0.4, -0.2) is 41.6 Å². The summed E-state index contributed by atoms with van der Waals surface area (Å²) in [4.78, 5) is 4.22. The molecule has 20 heavy (non-hydrogen) atoms. The highest BCUT2D eigenvalue weighted by atomic mass is 19.4. The molecule has 0 amide bonds. The molecule has 0 unspecified atom stereocenters. The van der Waals surface area contributed by atoms with Gasteiger partial charge in [-0.1, -0.05) is 0 Å². The van der Waals surface area contributed by atoms with Crippen LogP contribution in [0.2, 0.25) is 0 Å². The second-order valence-electron chi connectivity index (χ2n) is 4.18. The summed E-state index contributed by atoms with van der Waals surface area (Å²) in [5.41, 5.74) is 0. The lowest BCUT2D eigenvalue weighted by Crippen LogP contribution is -2.39. The van der Waals surface area contributed by atoms with E-state index in [4.69, 9.17) is 0 Å². The molecule has 0 aromatic carbocycles. The van der Waals surface area contributed by atoms with Gasteiger partial charge in [0.2, 0.25) is 0 Å². The van der Waals surface area contributed by atoms with E-state index in [1.54, 1.807) is 10.9 Å². The Labute approximate surface area is 116 Å². The van der Waals surface area contributed by atoms with Gasteiger partial charge in [-0.15, -0.1) is 0 Å². The molecule has 5 nitrogen and oxygen atoms in total. The van der Waals surface area contributed by atoms with Crippen LogP contribution in [0.3, 0.4) is 0 Å². The van der Waals surface area contributed by atoms with Gasteiger partial charge in [0.25, 0.3) is 0 Å². The van der Waals surface area contributed by atoms with Crippen LogP contribution in [0.1, 0.15) is 19.8 Å². The molecule has 114 valence electrons. The summed E-state index contributed by atoms with van der Waals surface area (Å²) in [7, 11) is 0. The van der Waals surface area contributed by atoms with Crippen LogP contribution in [-0.2, 0) is 6.54 Å². The second kappa shape index (κ2) is 8.44. The molecule has 2 N–H and O–H groups in total. The molecule has 1 rings (SSSR count). The van der Waals surface area contributed by atoms with Gasteiger partial charge in [-0.3, -0.25) is 9.67 Å². The highest BCUT2D eigenvalue weighted by Gasteiger charge is 2.26. The van der Waals surface area contributed by atoms with Gasteiger partial charge in [-0.05, 0) is 19.4 Å². The van der Waals surface area contributed by atoms with E-state index in [-0.39, 0.29) is 6.54 Å². The minimum absolute atomic E-state index is 0.172. The maximum Gasteiger partial charge on any atom is 0.390 e. The Kier molecular flexibility index (Phi) is 6.89. The van der Waals surface area contributed by atoms with Crippen LogP contribution < -0.4 is 10.6 Å². The third kappa shape index (κ3) is 7.65. The normalized spacial score (nSPS) is 12.5. The molecule has 0 aliphatic heterocycles. The summed E-state index contributed by atoms with van der Waals surface area (Å²) in [6.45, 7) is 3.57. The molecule has 0 bridgehead atoms. The van der Waals surface area contributed by atoms with Crippen molar-refractivity contribution in [2.45, 2.75) is 32.5 Å². The summed E-state index contributed by atoms with van der Waals surface area (Å²) < 4.78 is 37.9. The molecule has 0 saturated heterocycles. The standard InChI is InChI=1S/C12H20F3N5/c1-2-16-11(18-8-5-12(13,14)15)17-6-3-9-20-10-4-7-19-20/h4,7,10H,2-3,5-6,8-9H2,1H3,(H2,16,17,18). The summed E-state index contributed by atoms with van der Waals surface area (Å²) in [6.07, 6.45) is -0.685. The number of aryl methyl sites for hydroxylation is 1. The van der Waals surface area contributed by atoms with Crippen LogP contribution >= 0.6 is 0 Å². The van der Waals surface area contributed by atoms with Crippen molar-refractivity contribution in [3.05, 3.63) is 18.5 Å².